The third-order valence-electron chi connectivity index (χ3n) is 1.29. The Morgan fingerprint density at radius 1 is 1.53 bits per heavy atom. The number of aliphatic hydroxyl groups excluding tert-OH is 1. The van der Waals surface area contributed by atoms with Crippen molar-refractivity contribution < 1.29 is 24.2 Å². The van der Waals surface area contributed by atoms with Crippen LogP contribution in [0.5, 0.6) is 0 Å². The Bertz CT molecular complexity index is 211. The summed E-state index contributed by atoms with van der Waals surface area (Å²) in [6.07, 6.45) is -1.43. The number of rotatable bonds is 5. The first-order chi connectivity index (χ1) is 6.89. The van der Waals surface area contributed by atoms with Crippen molar-refractivity contribution in [3.8, 4) is 0 Å². The number of alkyl carbamates (subject to hydrolysis) is 1. The van der Waals surface area contributed by atoms with Crippen molar-refractivity contribution in [1.82, 2.24) is 5.32 Å². The van der Waals surface area contributed by atoms with Gasteiger partial charge in [0.05, 0.1) is 0 Å². The lowest BCUT2D eigenvalue weighted by Gasteiger charge is -2.22. The molecule has 0 bridgehead atoms. The molecule has 0 aromatic rings. The Morgan fingerprint density at radius 3 is 2.53 bits per heavy atom. The van der Waals surface area contributed by atoms with Gasteiger partial charge in [0.25, 0.3) is 6.47 Å². The van der Waals surface area contributed by atoms with Crippen LogP contribution in [0.25, 0.3) is 0 Å². The molecule has 0 aliphatic carbocycles. The van der Waals surface area contributed by atoms with Crippen molar-refractivity contribution in [3.05, 3.63) is 0 Å². The molecule has 0 saturated carbocycles. The molecule has 0 fully saturated rings. The van der Waals surface area contributed by atoms with E-state index < -0.39 is 17.9 Å². The molecule has 2 N–H and O–H groups in total. The second-order valence-electron chi connectivity index (χ2n) is 3.88. The van der Waals surface area contributed by atoms with Crippen LogP contribution in [0.15, 0.2) is 0 Å². The normalized spacial score (nSPS) is 12.8. The van der Waals surface area contributed by atoms with E-state index in [0.29, 0.717) is 0 Å². The van der Waals surface area contributed by atoms with E-state index in [2.05, 4.69) is 10.1 Å². The maximum absolute atomic E-state index is 11.2. The molecule has 0 aromatic carbocycles. The smallest absolute Gasteiger partial charge is 0.410 e. The SMILES string of the molecule is CC(C)(C)OC(=O)NC(CCO)OC=O. The van der Waals surface area contributed by atoms with E-state index in [9.17, 15) is 9.59 Å². The van der Waals surface area contributed by atoms with Crippen LogP contribution in [0.4, 0.5) is 4.79 Å². The number of nitrogens with one attached hydrogen (secondary N) is 1. The first-order valence-electron chi connectivity index (χ1n) is 4.58. The largest absolute Gasteiger partial charge is 0.444 e. The number of aliphatic hydroxyl groups is 1. The summed E-state index contributed by atoms with van der Waals surface area (Å²) in [7, 11) is 0. The van der Waals surface area contributed by atoms with Gasteiger partial charge in [-0.05, 0) is 20.8 Å². The van der Waals surface area contributed by atoms with Gasteiger partial charge < -0.3 is 14.6 Å². The highest BCUT2D eigenvalue weighted by molar-refractivity contribution is 5.68. The van der Waals surface area contributed by atoms with Gasteiger partial charge in [-0.2, -0.15) is 0 Å². The molecule has 15 heavy (non-hydrogen) atoms. The fourth-order valence-corrected chi connectivity index (χ4v) is 0.798. The van der Waals surface area contributed by atoms with E-state index in [0.717, 1.165) is 0 Å². The molecule has 1 unspecified atom stereocenters. The minimum atomic E-state index is -0.859. The van der Waals surface area contributed by atoms with Crippen molar-refractivity contribution >= 4 is 12.6 Å². The summed E-state index contributed by atoms with van der Waals surface area (Å²) in [5, 5.41) is 10.9. The minimum Gasteiger partial charge on any atom is -0.444 e. The standard InChI is InChI=1S/C9H17NO5/c1-9(2,3)15-8(13)10-7(4-5-11)14-6-12/h6-7,11H,4-5H2,1-3H3,(H,10,13). The molecule has 0 radical (unpaired) electrons. The number of hydrogen-bond donors (Lipinski definition) is 2. The first-order valence-corrected chi connectivity index (χ1v) is 4.58. The van der Waals surface area contributed by atoms with E-state index in [1.807, 2.05) is 0 Å². The van der Waals surface area contributed by atoms with Gasteiger partial charge >= 0.3 is 6.09 Å². The van der Waals surface area contributed by atoms with Crippen LogP contribution in [0.3, 0.4) is 0 Å². The summed E-state index contributed by atoms with van der Waals surface area (Å²) >= 11 is 0. The molecule has 0 saturated heterocycles. The Labute approximate surface area is 88.6 Å². The molecule has 1 amide bonds. The Morgan fingerprint density at radius 2 is 2.13 bits per heavy atom. The fraction of sp³-hybridized carbons (Fsp3) is 0.778. The summed E-state index contributed by atoms with van der Waals surface area (Å²) in [5.41, 5.74) is -0.616. The predicted octanol–water partition coefficient (Wildman–Crippen LogP) is 0.393. The highest BCUT2D eigenvalue weighted by Crippen LogP contribution is 2.07. The summed E-state index contributed by atoms with van der Waals surface area (Å²) in [6.45, 7) is 5.16. The average molecular weight is 219 g/mol. The lowest BCUT2D eigenvalue weighted by molar-refractivity contribution is -0.135. The molecule has 0 aromatic heterocycles. The molecule has 0 spiro atoms. The van der Waals surface area contributed by atoms with Crippen molar-refractivity contribution in [2.75, 3.05) is 6.61 Å². The van der Waals surface area contributed by atoms with Crippen LogP contribution < -0.4 is 5.32 Å². The van der Waals surface area contributed by atoms with Crippen LogP contribution >= 0.6 is 0 Å². The first kappa shape index (κ1) is 13.7. The fourth-order valence-electron chi connectivity index (χ4n) is 0.798. The van der Waals surface area contributed by atoms with E-state index >= 15 is 0 Å². The van der Waals surface area contributed by atoms with Crippen LogP contribution in [-0.2, 0) is 14.3 Å². The van der Waals surface area contributed by atoms with E-state index in [4.69, 9.17) is 9.84 Å². The summed E-state index contributed by atoms with van der Waals surface area (Å²) < 4.78 is 9.45. The minimum absolute atomic E-state index is 0.123. The molecule has 6 nitrogen and oxygen atoms in total. The van der Waals surface area contributed by atoms with Crippen molar-refractivity contribution in [2.24, 2.45) is 0 Å². The molecule has 1 atom stereocenters. The van der Waals surface area contributed by atoms with Gasteiger partial charge in [-0.15, -0.1) is 0 Å². The topological polar surface area (TPSA) is 84.9 Å². The molecule has 0 rings (SSSR count). The van der Waals surface area contributed by atoms with Crippen molar-refractivity contribution in [2.45, 2.75) is 39.0 Å². The molecular formula is C9H17NO5. The highest BCUT2D eigenvalue weighted by Gasteiger charge is 2.19. The Kier molecular flexibility index (Phi) is 5.69. The zero-order valence-electron chi connectivity index (χ0n) is 9.15. The predicted molar refractivity (Wildman–Crippen MR) is 52.0 cm³/mol. The molecule has 0 heterocycles. The summed E-state index contributed by atoms with van der Waals surface area (Å²) in [5.74, 6) is 0. The van der Waals surface area contributed by atoms with Crippen molar-refractivity contribution in [3.63, 3.8) is 0 Å². The Balaban J connectivity index is 4.04. The Hall–Kier alpha value is -1.30. The van der Waals surface area contributed by atoms with Gasteiger partial charge in [0, 0.05) is 13.0 Å². The molecule has 0 aliphatic rings. The van der Waals surface area contributed by atoms with Gasteiger partial charge in [0.2, 0.25) is 0 Å². The van der Waals surface area contributed by atoms with Crippen LogP contribution in [0, 0.1) is 0 Å². The molecule has 6 heteroatoms. The van der Waals surface area contributed by atoms with Gasteiger partial charge in [-0.1, -0.05) is 0 Å². The highest BCUT2D eigenvalue weighted by atomic mass is 16.6. The van der Waals surface area contributed by atoms with Crippen molar-refractivity contribution in [1.29, 1.82) is 0 Å². The van der Waals surface area contributed by atoms with E-state index in [-0.39, 0.29) is 19.5 Å². The third kappa shape index (κ3) is 7.75. The maximum atomic E-state index is 11.2. The zero-order valence-corrected chi connectivity index (χ0v) is 9.15. The second-order valence-corrected chi connectivity index (χ2v) is 3.88. The quantitative estimate of drug-likeness (QED) is 0.516. The molecule has 0 aliphatic heterocycles. The number of ether oxygens (including phenoxy) is 2. The van der Waals surface area contributed by atoms with E-state index in [1.165, 1.54) is 0 Å². The third-order valence-corrected chi connectivity index (χ3v) is 1.29. The van der Waals surface area contributed by atoms with Gasteiger partial charge in [-0.25, -0.2) is 4.79 Å². The number of amides is 1. The molecule has 88 valence electrons. The zero-order chi connectivity index (χ0) is 11.9. The van der Waals surface area contributed by atoms with Crippen LogP contribution in [0.2, 0.25) is 0 Å². The maximum Gasteiger partial charge on any atom is 0.410 e. The molecular weight excluding hydrogens is 202 g/mol. The van der Waals surface area contributed by atoms with Gasteiger partial charge in [0.1, 0.15) is 5.60 Å². The monoisotopic (exact) mass is 219 g/mol. The van der Waals surface area contributed by atoms with Crippen LogP contribution in [-0.4, -0.2) is 36.1 Å². The summed E-state index contributed by atoms with van der Waals surface area (Å²) in [6, 6.07) is 0. The lowest BCUT2D eigenvalue weighted by atomic mass is 10.2. The van der Waals surface area contributed by atoms with Crippen LogP contribution in [0.1, 0.15) is 27.2 Å². The van der Waals surface area contributed by atoms with E-state index in [1.54, 1.807) is 20.8 Å². The van der Waals surface area contributed by atoms with Gasteiger partial charge in [0.15, 0.2) is 6.23 Å². The number of hydrogen-bond acceptors (Lipinski definition) is 5. The second kappa shape index (κ2) is 6.23. The average Bonchev–Trinajstić information content (AvgIpc) is 2.00. The van der Waals surface area contributed by atoms with Gasteiger partial charge in [-0.3, -0.25) is 10.1 Å². The lowest BCUT2D eigenvalue weighted by Crippen LogP contribution is -2.40. The number of carbonyl (C=O) groups is 2. The summed E-state index contributed by atoms with van der Waals surface area (Å²) in [4.78, 5) is 21.3. The number of carbonyl (C=O) groups excluding carboxylic acids is 2.